The van der Waals surface area contributed by atoms with Gasteiger partial charge in [0.25, 0.3) is 0 Å². The largest absolute Gasteiger partial charge is 0.494 e. The highest BCUT2D eigenvalue weighted by molar-refractivity contribution is 5.79. The van der Waals surface area contributed by atoms with Crippen LogP contribution in [0.4, 0.5) is 13.2 Å². The summed E-state index contributed by atoms with van der Waals surface area (Å²) < 4.78 is 47.7. The van der Waals surface area contributed by atoms with Crippen molar-refractivity contribution in [3.63, 3.8) is 0 Å². The maximum absolute atomic E-state index is 12.4. The van der Waals surface area contributed by atoms with Crippen molar-refractivity contribution in [3.8, 4) is 11.6 Å². The summed E-state index contributed by atoms with van der Waals surface area (Å²) >= 11 is 0. The van der Waals surface area contributed by atoms with E-state index >= 15 is 0 Å². The summed E-state index contributed by atoms with van der Waals surface area (Å²) in [5.41, 5.74) is 1.43. The molecule has 0 radical (unpaired) electrons. The van der Waals surface area contributed by atoms with E-state index < -0.39 is 12.8 Å². The number of pyridine rings is 1. The van der Waals surface area contributed by atoms with E-state index in [1.54, 1.807) is 12.1 Å². The molecule has 0 fully saturated rings. The first-order chi connectivity index (χ1) is 13.9. The average Bonchev–Trinajstić information content (AvgIpc) is 2.70. The monoisotopic (exact) mass is 410 g/mol. The third-order valence-corrected chi connectivity index (χ3v) is 3.69. The molecule has 2 aromatic rings. The van der Waals surface area contributed by atoms with Crippen molar-refractivity contribution in [2.75, 3.05) is 19.8 Å². The van der Waals surface area contributed by atoms with Gasteiger partial charge >= 0.3 is 6.18 Å². The van der Waals surface area contributed by atoms with Crippen molar-refractivity contribution >= 4 is 5.96 Å². The fourth-order valence-corrected chi connectivity index (χ4v) is 2.46. The highest BCUT2D eigenvalue weighted by atomic mass is 19.4. The first-order valence-electron chi connectivity index (χ1n) is 9.29. The molecule has 0 aliphatic carbocycles. The Morgan fingerprint density at radius 2 is 1.79 bits per heavy atom. The predicted octanol–water partition coefficient (Wildman–Crippen LogP) is 3.68. The maximum Gasteiger partial charge on any atom is 0.422 e. The van der Waals surface area contributed by atoms with E-state index in [0.29, 0.717) is 31.2 Å². The van der Waals surface area contributed by atoms with Gasteiger partial charge in [0.2, 0.25) is 5.88 Å². The Bertz CT molecular complexity index is 797. The van der Waals surface area contributed by atoms with E-state index in [0.717, 1.165) is 11.3 Å². The van der Waals surface area contributed by atoms with Crippen LogP contribution < -0.4 is 20.1 Å². The molecule has 0 atom stereocenters. The summed E-state index contributed by atoms with van der Waals surface area (Å²) in [5, 5.41) is 6.31. The van der Waals surface area contributed by atoms with E-state index in [1.165, 1.54) is 6.20 Å². The van der Waals surface area contributed by atoms with Gasteiger partial charge < -0.3 is 20.1 Å². The fraction of sp³-hybridized carbons (Fsp3) is 0.400. The first-order valence-corrected chi connectivity index (χ1v) is 9.29. The Hall–Kier alpha value is -2.97. The van der Waals surface area contributed by atoms with Crippen molar-refractivity contribution in [3.05, 3.63) is 53.7 Å². The number of nitrogens with zero attached hydrogens (tertiary/aromatic N) is 2. The molecule has 0 aliphatic heterocycles. The lowest BCUT2D eigenvalue weighted by Gasteiger charge is -2.15. The first kappa shape index (κ1) is 22.3. The topological polar surface area (TPSA) is 67.8 Å². The van der Waals surface area contributed by atoms with Gasteiger partial charge in [-0.05, 0) is 26.0 Å². The lowest BCUT2D eigenvalue weighted by molar-refractivity contribution is -0.154. The number of benzene rings is 1. The normalized spacial score (nSPS) is 11.8. The zero-order valence-electron chi connectivity index (χ0n) is 16.4. The zero-order valence-corrected chi connectivity index (χ0v) is 16.4. The fourth-order valence-electron chi connectivity index (χ4n) is 2.46. The Labute approximate surface area is 168 Å². The van der Waals surface area contributed by atoms with Crippen molar-refractivity contribution in [2.24, 2.45) is 4.99 Å². The van der Waals surface area contributed by atoms with Gasteiger partial charge in [-0.1, -0.05) is 24.3 Å². The minimum absolute atomic E-state index is 0.0777. The van der Waals surface area contributed by atoms with Crippen LogP contribution in [0, 0.1) is 0 Å². The molecule has 2 N–H and O–H groups in total. The smallest absolute Gasteiger partial charge is 0.422 e. The van der Waals surface area contributed by atoms with Gasteiger partial charge in [0, 0.05) is 30.4 Å². The number of aliphatic imine (C=N–C) groups is 1. The minimum atomic E-state index is -4.43. The quantitative estimate of drug-likeness (QED) is 0.488. The lowest BCUT2D eigenvalue weighted by Crippen LogP contribution is -2.36. The molecule has 158 valence electrons. The number of para-hydroxylation sites is 1. The van der Waals surface area contributed by atoms with Crippen LogP contribution in [0.2, 0.25) is 0 Å². The Kier molecular flexibility index (Phi) is 8.57. The molecule has 2 rings (SSSR count). The van der Waals surface area contributed by atoms with Crippen LogP contribution in [0.3, 0.4) is 0 Å². The Balaban J connectivity index is 2.06. The second kappa shape index (κ2) is 11.1. The molecule has 0 spiro atoms. The number of aromatic nitrogens is 1. The zero-order chi connectivity index (χ0) is 21.1. The van der Waals surface area contributed by atoms with Gasteiger partial charge in [-0.25, -0.2) is 9.98 Å². The Morgan fingerprint density at radius 1 is 1.03 bits per heavy atom. The van der Waals surface area contributed by atoms with Crippen LogP contribution in [0.5, 0.6) is 11.6 Å². The molecule has 0 saturated heterocycles. The van der Waals surface area contributed by atoms with Crippen LogP contribution in [0.1, 0.15) is 25.0 Å². The maximum atomic E-state index is 12.4. The lowest BCUT2D eigenvalue weighted by atomic mass is 10.2. The molecule has 1 aromatic heterocycles. The molecule has 0 bridgehead atoms. The van der Waals surface area contributed by atoms with Crippen LogP contribution in [0.15, 0.2) is 47.6 Å². The van der Waals surface area contributed by atoms with E-state index in [1.807, 2.05) is 38.1 Å². The molecule has 1 aromatic carbocycles. The summed E-state index contributed by atoms with van der Waals surface area (Å²) in [6.07, 6.45) is -3.05. The molecule has 0 aliphatic rings. The molecule has 0 saturated carbocycles. The van der Waals surface area contributed by atoms with Crippen LogP contribution in [0.25, 0.3) is 0 Å². The third kappa shape index (κ3) is 7.89. The van der Waals surface area contributed by atoms with E-state index in [2.05, 4.69) is 20.6 Å². The predicted molar refractivity (Wildman–Crippen MR) is 105 cm³/mol. The molecule has 6 nitrogen and oxygen atoms in total. The summed E-state index contributed by atoms with van der Waals surface area (Å²) in [5.74, 6) is 1.23. The van der Waals surface area contributed by atoms with Gasteiger partial charge in [0.05, 0.1) is 13.2 Å². The number of rotatable bonds is 9. The number of hydrogen-bond acceptors (Lipinski definition) is 4. The number of ether oxygens (including phenoxy) is 2. The molecule has 1 heterocycles. The summed E-state index contributed by atoms with van der Waals surface area (Å²) in [6, 6.07) is 10.9. The summed E-state index contributed by atoms with van der Waals surface area (Å²) in [4.78, 5) is 8.31. The molecular weight excluding hydrogens is 385 g/mol. The van der Waals surface area contributed by atoms with Crippen LogP contribution in [-0.2, 0) is 13.1 Å². The minimum Gasteiger partial charge on any atom is -0.494 e. The van der Waals surface area contributed by atoms with Crippen LogP contribution in [-0.4, -0.2) is 36.9 Å². The SMILES string of the molecule is CCNC(=NCc1cccnc1OCC(F)(F)F)NCc1ccccc1OCC. The van der Waals surface area contributed by atoms with Crippen LogP contribution >= 0.6 is 0 Å². The summed E-state index contributed by atoms with van der Waals surface area (Å²) in [7, 11) is 0. The highest BCUT2D eigenvalue weighted by Gasteiger charge is 2.29. The van der Waals surface area contributed by atoms with Gasteiger partial charge in [-0.2, -0.15) is 13.2 Å². The van der Waals surface area contributed by atoms with Gasteiger partial charge in [0.1, 0.15) is 5.75 Å². The number of guanidine groups is 1. The second-order valence-corrected chi connectivity index (χ2v) is 5.96. The number of halogens is 3. The standard InChI is InChI=1S/C20H25F3N4O2/c1-3-24-19(26-12-15-8-5-6-10-17(15)28-4-2)27-13-16-9-7-11-25-18(16)29-14-20(21,22)23/h5-11H,3-4,12-14H2,1-2H3,(H2,24,26,27). The molecule has 0 unspecified atom stereocenters. The number of hydrogen-bond donors (Lipinski definition) is 2. The van der Waals surface area contributed by atoms with Crippen molar-refractivity contribution in [1.82, 2.24) is 15.6 Å². The van der Waals surface area contributed by atoms with Gasteiger partial charge in [-0.15, -0.1) is 0 Å². The van der Waals surface area contributed by atoms with E-state index in [4.69, 9.17) is 9.47 Å². The second-order valence-electron chi connectivity index (χ2n) is 5.96. The molecular formula is C20H25F3N4O2. The number of nitrogens with one attached hydrogen (secondary N) is 2. The highest BCUT2D eigenvalue weighted by Crippen LogP contribution is 2.21. The molecule has 0 amide bonds. The Morgan fingerprint density at radius 3 is 2.52 bits per heavy atom. The van der Waals surface area contributed by atoms with Crippen molar-refractivity contribution in [1.29, 1.82) is 0 Å². The average molecular weight is 410 g/mol. The van der Waals surface area contributed by atoms with E-state index in [9.17, 15) is 13.2 Å². The molecule has 9 heteroatoms. The van der Waals surface area contributed by atoms with E-state index in [-0.39, 0.29) is 12.4 Å². The number of alkyl halides is 3. The van der Waals surface area contributed by atoms with Gasteiger partial charge in [0.15, 0.2) is 12.6 Å². The third-order valence-electron chi connectivity index (χ3n) is 3.69. The molecule has 29 heavy (non-hydrogen) atoms. The van der Waals surface area contributed by atoms with Gasteiger partial charge in [-0.3, -0.25) is 0 Å². The van der Waals surface area contributed by atoms with Crippen molar-refractivity contribution < 1.29 is 22.6 Å². The summed E-state index contributed by atoms with van der Waals surface area (Å²) in [6.45, 7) is 4.23. The van der Waals surface area contributed by atoms with Crippen molar-refractivity contribution in [2.45, 2.75) is 33.1 Å².